The van der Waals surface area contributed by atoms with Crippen LogP contribution in [0.25, 0.3) is 0 Å². The molecule has 1 atom stereocenters. The van der Waals surface area contributed by atoms with Crippen LogP contribution < -0.4 is 5.32 Å². The normalized spacial score (nSPS) is 21.6. The Morgan fingerprint density at radius 2 is 2.05 bits per heavy atom. The van der Waals surface area contributed by atoms with Gasteiger partial charge in [0.2, 0.25) is 0 Å². The third-order valence-corrected chi connectivity index (χ3v) is 4.13. The van der Waals surface area contributed by atoms with Crippen molar-refractivity contribution in [3.63, 3.8) is 0 Å². The highest BCUT2D eigenvalue weighted by Crippen LogP contribution is 2.37. The summed E-state index contributed by atoms with van der Waals surface area (Å²) >= 11 is 0. The summed E-state index contributed by atoms with van der Waals surface area (Å²) in [7, 11) is 1.57. The van der Waals surface area contributed by atoms with E-state index in [0.717, 1.165) is 0 Å². The average molecular weight is 308 g/mol. The van der Waals surface area contributed by atoms with E-state index in [-0.39, 0.29) is 30.4 Å². The molecular formula is C16H21FN2O3. The first-order valence-electron chi connectivity index (χ1n) is 7.37. The fraction of sp³-hybridized carbons (Fsp3) is 0.500. The zero-order valence-corrected chi connectivity index (χ0v) is 12.8. The van der Waals surface area contributed by atoms with E-state index in [0.29, 0.717) is 18.4 Å². The molecule has 1 aliphatic carbocycles. The van der Waals surface area contributed by atoms with Crippen LogP contribution in [0.3, 0.4) is 0 Å². The largest absolute Gasteiger partial charge is 0.481 e. The predicted octanol–water partition coefficient (Wildman–Crippen LogP) is 2.43. The van der Waals surface area contributed by atoms with E-state index in [1.54, 1.807) is 26.1 Å². The molecule has 22 heavy (non-hydrogen) atoms. The maximum absolute atomic E-state index is 13.6. The number of urea groups is 1. The van der Waals surface area contributed by atoms with Crippen molar-refractivity contribution in [2.75, 3.05) is 13.6 Å². The second-order valence-corrected chi connectivity index (χ2v) is 5.96. The minimum Gasteiger partial charge on any atom is -0.481 e. The van der Waals surface area contributed by atoms with Gasteiger partial charge in [-0.15, -0.1) is 0 Å². The van der Waals surface area contributed by atoms with Crippen LogP contribution in [0.15, 0.2) is 24.3 Å². The number of hydrogen-bond donors (Lipinski definition) is 2. The molecule has 1 fully saturated rings. The highest BCUT2D eigenvalue weighted by atomic mass is 19.1. The number of carbonyl (C=O) groups excluding carboxylic acids is 1. The number of carbonyl (C=O) groups is 2. The van der Waals surface area contributed by atoms with Gasteiger partial charge >= 0.3 is 12.0 Å². The van der Waals surface area contributed by atoms with Gasteiger partial charge in [-0.25, -0.2) is 9.18 Å². The van der Waals surface area contributed by atoms with Crippen LogP contribution in [0.5, 0.6) is 0 Å². The summed E-state index contributed by atoms with van der Waals surface area (Å²) in [6.07, 6.45) is 1.41. The van der Waals surface area contributed by atoms with Crippen molar-refractivity contribution >= 4 is 12.0 Å². The zero-order valence-electron chi connectivity index (χ0n) is 12.8. The Bertz CT molecular complexity index is 558. The molecule has 1 unspecified atom stereocenters. The Morgan fingerprint density at radius 1 is 1.41 bits per heavy atom. The number of nitrogens with one attached hydrogen (secondary N) is 1. The quantitative estimate of drug-likeness (QED) is 0.877. The lowest BCUT2D eigenvalue weighted by Crippen LogP contribution is -2.49. The maximum Gasteiger partial charge on any atom is 0.317 e. The van der Waals surface area contributed by atoms with Crippen molar-refractivity contribution in [3.05, 3.63) is 35.6 Å². The van der Waals surface area contributed by atoms with Crippen LogP contribution >= 0.6 is 0 Å². The predicted molar refractivity (Wildman–Crippen MR) is 80.1 cm³/mol. The van der Waals surface area contributed by atoms with Crippen LogP contribution in [-0.4, -0.2) is 41.6 Å². The topological polar surface area (TPSA) is 69.6 Å². The second-order valence-electron chi connectivity index (χ2n) is 5.96. The van der Waals surface area contributed by atoms with E-state index in [9.17, 15) is 14.0 Å². The zero-order chi connectivity index (χ0) is 16.3. The molecule has 0 aliphatic heterocycles. The first-order chi connectivity index (χ1) is 10.4. The Kier molecular flexibility index (Phi) is 5.00. The van der Waals surface area contributed by atoms with E-state index in [2.05, 4.69) is 5.32 Å². The number of hydrogen-bond acceptors (Lipinski definition) is 2. The van der Waals surface area contributed by atoms with Gasteiger partial charge in [-0.05, 0) is 30.4 Å². The summed E-state index contributed by atoms with van der Waals surface area (Å²) in [6.45, 7) is 1.72. The lowest BCUT2D eigenvalue weighted by molar-refractivity contribution is -0.141. The third kappa shape index (κ3) is 3.75. The van der Waals surface area contributed by atoms with Crippen molar-refractivity contribution in [1.29, 1.82) is 0 Å². The minimum atomic E-state index is -0.928. The molecule has 1 aromatic rings. The SMILES string of the molecule is CC(CN(C)C(=O)NC1CC(c2ccccc2F)C1)C(=O)O. The Morgan fingerprint density at radius 3 is 2.64 bits per heavy atom. The summed E-state index contributed by atoms with van der Waals surface area (Å²) < 4.78 is 13.6. The lowest BCUT2D eigenvalue weighted by Gasteiger charge is -2.37. The van der Waals surface area contributed by atoms with Gasteiger partial charge in [0.1, 0.15) is 5.82 Å². The number of nitrogens with zero attached hydrogens (tertiary/aromatic N) is 1. The molecule has 0 heterocycles. The molecule has 0 radical (unpaired) electrons. The van der Waals surface area contributed by atoms with Crippen molar-refractivity contribution in [3.8, 4) is 0 Å². The molecule has 0 bridgehead atoms. The monoisotopic (exact) mass is 308 g/mol. The van der Waals surface area contributed by atoms with Gasteiger partial charge < -0.3 is 15.3 Å². The number of benzene rings is 1. The van der Waals surface area contributed by atoms with Gasteiger partial charge in [-0.2, -0.15) is 0 Å². The molecule has 2 amide bonds. The van der Waals surface area contributed by atoms with Crippen LogP contribution in [0, 0.1) is 11.7 Å². The van der Waals surface area contributed by atoms with Crippen LogP contribution in [-0.2, 0) is 4.79 Å². The van der Waals surface area contributed by atoms with Crippen LogP contribution in [0.2, 0.25) is 0 Å². The van der Waals surface area contributed by atoms with Gasteiger partial charge in [0.15, 0.2) is 0 Å². The van der Waals surface area contributed by atoms with E-state index in [1.165, 1.54) is 11.0 Å². The summed E-state index contributed by atoms with van der Waals surface area (Å²) in [5.41, 5.74) is 0.695. The van der Waals surface area contributed by atoms with Gasteiger partial charge in [-0.3, -0.25) is 4.79 Å². The first kappa shape index (κ1) is 16.3. The van der Waals surface area contributed by atoms with Gasteiger partial charge in [-0.1, -0.05) is 25.1 Å². The molecule has 0 spiro atoms. The van der Waals surface area contributed by atoms with Crippen molar-refractivity contribution in [1.82, 2.24) is 10.2 Å². The Balaban J connectivity index is 1.79. The molecule has 6 heteroatoms. The fourth-order valence-electron chi connectivity index (χ4n) is 2.65. The number of rotatable bonds is 5. The second kappa shape index (κ2) is 6.77. The number of amides is 2. The van der Waals surface area contributed by atoms with Crippen molar-refractivity contribution in [2.24, 2.45) is 5.92 Å². The molecular weight excluding hydrogens is 287 g/mol. The molecule has 120 valence electrons. The molecule has 1 saturated carbocycles. The van der Waals surface area contributed by atoms with Crippen molar-refractivity contribution in [2.45, 2.75) is 31.7 Å². The maximum atomic E-state index is 13.6. The Labute approximate surface area is 129 Å². The molecule has 0 saturated heterocycles. The third-order valence-electron chi connectivity index (χ3n) is 4.13. The van der Waals surface area contributed by atoms with Crippen LogP contribution in [0.4, 0.5) is 9.18 Å². The van der Waals surface area contributed by atoms with E-state index in [1.807, 2.05) is 6.07 Å². The van der Waals surface area contributed by atoms with Crippen LogP contribution in [0.1, 0.15) is 31.2 Å². The van der Waals surface area contributed by atoms with E-state index in [4.69, 9.17) is 5.11 Å². The molecule has 5 nitrogen and oxygen atoms in total. The first-order valence-corrected chi connectivity index (χ1v) is 7.37. The summed E-state index contributed by atoms with van der Waals surface area (Å²) in [5.74, 6) is -1.61. The van der Waals surface area contributed by atoms with Gasteiger partial charge in [0.05, 0.1) is 5.92 Å². The molecule has 0 aromatic heterocycles. The minimum absolute atomic E-state index is 0.0136. The van der Waals surface area contributed by atoms with Gasteiger partial charge in [0.25, 0.3) is 0 Å². The molecule has 1 aromatic carbocycles. The van der Waals surface area contributed by atoms with Crippen molar-refractivity contribution < 1.29 is 19.1 Å². The lowest BCUT2D eigenvalue weighted by atomic mass is 9.76. The summed E-state index contributed by atoms with van der Waals surface area (Å²) in [6, 6.07) is 6.42. The smallest absolute Gasteiger partial charge is 0.317 e. The fourth-order valence-corrected chi connectivity index (χ4v) is 2.65. The highest BCUT2D eigenvalue weighted by molar-refractivity contribution is 5.76. The van der Waals surface area contributed by atoms with E-state index >= 15 is 0 Å². The van der Waals surface area contributed by atoms with E-state index < -0.39 is 11.9 Å². The summed E-state index contributed by atoms with van der Waals surface area (Å²) in [5, 5.41) is 11.7. The number of carboxylic acid groups (broad SMARTS) is 1. The number of halogens is 1. The standard InChI is InChI=1S/C16H21FN2O3/c1-10(15(20)21)9-19(2)16(22)18-12-7-11(8-12)13-5-3-4-6-14(13)17/h3-6,10-12H,7-9H2,1-2H3,(H,18,22)(H,20,21). The molecule has 2 rings (SSSR count). The molecule has 1 aliphatic rings. The average Bonchev–Trinajstić information content (AvgIpc) is 2.43. The molecule has 2 N–H and O–H groups in total. The number of aliphatic carboxylic acids is 1. The highest BCUT2D eigenvalue weighted by Gasteiger charge is 2.33. The van der Waals surface area contributed by atoms with Gasteiger partial charge in [0, 0.05) is 19.6 Å². The summed E-state index contributed by atoms with van der Waals surface area (Å²) in [4.78, 5) is 24.1. The Hall–Kier alpha value is -2.11. The number of carboxylic acids is 1.